The summed E-state index contributed by atoms with van der Waals surface area (Å²) in [7, 11) is -2.64. The molecule has 1 heterocycles. The Balaban J connectivity index is 1.73. The van der Waals surface area contributed by atoms with E-state index in [1.807, 2.05) is 4.72 Å². The molecule has 23 heavy (non-hydrogen) atoms. The summed E-state index contributed by atoms with van der Waals surface area (Å²) in [6, 6.07) is 2.05. The molecule has 122 valence electrons. The Morgan fingerprint density at radius 3 is 2.74 bits per heavy atom. The monoisotopic (exact) mass is 341 g/mol. The summed E-state index contributed by atoms with van der Waals surface area (Å²) in [5.41, 5.74) is 0.845. The normalized spacial score (nSPS) is 20.3. The zero-order valence-corrected chi connectivity index (χ0v) is 12.8. The number of aromatic nitrogens is 2. The molecule has 1 aliphatic carbocycles. The fraction of sp³-hybridized carbons (Fsp3) is 0.286. The highest BCUT2D eigenvalue weighted by molar-refractivity contribution is 7.90. The number of carbonyl (C=O) groups is 1. The molecule has 0 saturated heterocycles. The fourth-order valence-electron chi connectivity index (χ4n) is 2.44. The molecule has 9 heteroatoms. The summed E-state index contributed by atoms with van der Waals surface area (Å²) in [6.45, 7) is 0. The highest BCUT2D eigenvalue weighted by Gasteiger charge is 2.46. The molecule has 1 saturated carbocycles. The molecule has 3 rings (SSSR count). The van der Waals surface area contributed by atoms with Crippen molar-refractivity contribution in [3.8, 4) is 0 Å². The van der Waals surface area contributed by atoms with E-state index in [2.05, 4.69) is 5.10 Å². The third-order valence-electron chi connectivity index (χ3n) is 3.70. The number of amides is 1. The topological polar surface area (TPSA) is 81.1 Å². The number of nitrogens with zero attached hydrogens (tertiary/aromatic N) is 2. The molecule has 1 aromatic carbocycles. The molecular formula is C14H13F2N3O3S. The Kier molecular flexibility index (Phi) is 3.67. The Bertz CT molecular complexity index is 879. The molecule has 1 N–H and O–H groups in total. The lowest BCUT2D eigenvalue weighted by molar-refractivity contribution is -0.120. The zero-order chi connectivity index (χ0) is 16.8. The summed E-state index contributed by atoms with van der Waals surface area (Å²) in [6.07, 6.45) is 3.87. The van der Waals surface area contributed by atoms with Crippen LogP contribution in [0.15, 0.2) is 35.5 Å². The van der Waals surface area contributed by atoms with E-state index >= 15 is 0 Å². The van der Waals surface area contributed by atoms with Gasteiger partial charge in [-0.3, -0.25) is 9.48 Å². The maximum atomic E-state index is 13.6. The van der Waals surface area contributed by atoms with E-state index < -0.39 is 38.4 Å². The first kappa shape index (κ1) is 15.6. The van der Waals surface area contributed by atoms with Crippen molar-refractivity contribution in [3.63, 3.8) is 0 Å². The van der Waals surface area contributed by atoms with Crippen molar-refractivity contribution in [2.45, 2.75) is 17.2 Å². The van der Waals surface area contributed by atoms with Gasteiger partial charge in [-0.25, -0.2) is 21.9 Å². The van der Waals surface area contributed by atoms with Crippen LogP contribution in [0.25, 0.3) is 0 Å². The third kappa shape index (κ3) is 3.09. The third-order valence-corrected chi connectivity index (χ3v) is 5.08. The quantitative estimate of drug-likeness (QED) is 0.909. The van der Waals surface area contributed by atoms with E-state index in [1.54, 1.807) is 24.1 Å². The SMILES string of the molecule is Cn1cc([C@@H]2C[C@@H]2C(=O)NS(=O)(=O)c2ccc(F)cc2F)cn1. The first-order valence-electron chi connectivity index (χ1n) is 6.78. The van der Waals surface area contributed by atoms with Crippen molar-refractivity contribution in [3.05, 3.63) is 47.8 Å². The second-order valence-electron chi connectivity index (χ2n) is 5.44. The lowest BCUT2D eigenvalue weighted by atomic mass is 10.2. The summed E-state index contributed by atoms with van der Waals surface area (Å²) >= 11 is 0. The minimum absolute atomic E-state index is 0.100. The number of hydrogen-bond donors (Lipinski definition) is 1. The van der Waals surface area contributed by atoms with Gasteiger partial charge in [0.05, 0.1) is 6.20 Å². The number of sulfonamides is 1. The van der Waals surface area contributed by atoms with E-state index in [9.17, 15) is 22.0 Å². The highest BCUT2D eigenvalue weighted by Crippen LogP contribution is 2.47. The van der Waals surface area contributed by atoms with Gasteiger partial charge < -0.3 is 0 Å². The van der Waals surface area contributed by atoms with Crippen LogP contribution in [0.4, 0.5) is 8.78 Å². The molecule has 2 atom stereocenters. The first-order chi connectivity index (χ1) is 10.8. The van der Waals surface area contributed by atoms with Gasteiger partial charge in [0, 0.05) is 25.2 Å². The van der Waals surface area contributed by atoms with Crippen LogP contribution in [0, 0.1) is 17.6 Å². The molecule has 0 radical (unpaired) electrons. The number of rotatable bonds is 4. The largest absolute Gasteiger partial charge is 0.276 e. The molecule has 0 bridgehead atoms. The van der Waals surface area contributed by atoms with Crippen LogP contribution in [-0.4, -0.2) is 24.1 Å². The van der Waals surface area contributed by atoms with Gasteiger partial charge in [-0.05, 0) is 30.0 Å². The number of aryl methyl sites for hydroxylation is 1. The second-order valence-corrected chi connectivity index (χ2v) is 7.09. The Morgan fingerprint density at radius 2 is 2.13 bits per heavy atom. The van der Waals surface area contributed by atoms with E-state index in [0.717, 1.165) is 17.7 Å². The number of halogens is 2. The fourth-order valence-corrected chi connectivity index (χ4v) is 3.53. The van der Waals surface area contributed by atoms with E-state index in [4.69, 9.17) is 0 Å². The van der Waals surface area contributed by atoms with E-state index in [0.29, 0.717) is 12.5 Å². The van der Waals surface area contributed by atoms with Gasteiger partial charge in [-0.2, -0.15) is 5.10 Å². The molecule has 0 spiro atoms. The van der Waals surface area contributed by atoms with Gasteiger partial charge in [-0.1, -0.05) is 0 Å². The molecule has 1 aliphatic rings. The molecule has 1 fully saturated rings. The minimum atomic E-state index is -4.37. The van der Waals surface area contributed by atoms with Crippen molar-refractivity contribution >= 4 is 15.9 Å². The molecule has 2 aromatic rings. The van der Waals surface area contributed by atoms with Crippen molar-refractivity contribution in [2.24, 2.45) is 13.0 Å². The van der Waals surface area contributed by atoms with Crippen LogP contribution in [0.3, 0.4) is 0 Å². The predicted molar refractivity (Wildman–Crippen MR) is 75.7 cm³/mol. The van der Waals surface area contributed by atoms with E-state index in [-0.39, 0.29) is 5.92 Å². The Hall–Kier alpha value is -2.29. The van der Waals surface area contributed by atoms with Crippen molar-refractivity contribution < 1.29 is 22.0 Å². The molecule has 1 aromatic heterocycles. The minimum Gasteiger partial charge on any atom is -0.276 e. The molecule has 0 aliphatic heterocycles. The van der Waals surface area contributed by atoms with Gasteiger partial charge in [-0.15, -0.1) is 0 Å². The van der Waals surface area contributed by atoms with Crippen LogP contribution in [0.2, 0.25) is 0 Å². The highest BCUT2D eigenvalue weighted by atomic mass is 32.2. The first-order valence-corrected chi connectivity index (χ1v) is 8.26. The Labute approximate surface area is 131 Å². The van der Waals surface area contributed by atoms with Crippen LogP contribution in [0.1, 0.15) is 17.9 Å². The maximum Gasteiger partial charge on any atom is 0.266 e. The van der Waals surface area contributed by atoms with Crippen molar-refractivity contribution in [2.75, 3.05) is 0 Å². The molecule has 6 nitrogen and oxygen atoms in total. The zero-order valence-electron chi connectivity index (χ0n) is 12.0. The van der Waals surface area contributed by atoms with Gasteiger partial charge >= 0.3 is 0 Å². The average Bonchev–Trinajstić information content (AvgIpc) is 3.13. The number of hydrogen-bond acceptors (Lipinski definition) is 4. The smallest absolute Gasteiger partial charge is 0.266 e. The van der Waals surface area contributed by atoms with Gasteiger partial charge in [0.2, 0.25) is 5.91 Å². The lowest BCUT2D eigenvalue weighted by Gasteiger charge is -2.07. The second kappa shape index (κ2) is 5.41. The molecule has 1 amide bonds. The summed E-state index contributed by atoms with van der Waals surface area (Å²) in [5.74, 6) is -3.45. The molecule has 0 unspecified atom stereocenters. The standard InChI is InChI=1S/C14H13F2N3O3S/c1-19-7-8(6-17-19)10-5-11(10)14(20)18-23(21,22)13-3-2-9(15)4-12(13)16/h2-4,6-7,10-11H,5H2,1H3,(H,18,20)/t10-,11-/m0/s1. The summed E-state index contributed by atoms with van der Waals surface area (Å²) in [4.78, 5) is 11.3. The van der Waals surface area contributed by atoms with E-state index in [1.165, 1.54) is 0 Å². The van der Waals surface area contributed by atoms with Gasteiger partial charge in [0.1, 0.15) is 16.5 Å². The average molecular weight is 341 g/mol. The van der Waals surface area contributed by atoms with Crippen LogP contribution < -0.4 is 4.72 Å². The van der Waals surface area contributed by atoms with Crippen molar-refractivity contribution in [1.82, 2.24) is 14.5 Å². The number of nitrogens with one attached hydrogen (secondary N) is 1. The van der Waals surface area contributed by atoms with Crippen LogP contribution in [-0.2, 0) is 21.9 Å². The van der Waals surface area contributed by atoms with Gasteiger partial charge in [0.15, 0.2) is 0 Å². The number of carbonyl (C=O) groups excluding carboxylic acids is 1. The van der Waals surface area contributed by atoms with Crippen LogP contribution >= 0.6 is 0 Å². The Morgan fingerprint density at radius 1 is 1.39 bits per heavy atom. The lowest BCUT2D eigenvalue weighted by Crippen LogP contribution is -2.32. The van der Waals surface area contributed by atoms with Crippen LogP contribution in [0.5, 0.6) is 0 Å². The van der Waals surface area contributed by atoms with Crippen molar-refractivity contribution in [1.29, 1.82) is 0 Å². The molecular weight excluding hydrogens is 328 g/mol. The summed E-state index contributed by atoms with van der Waals surface area (Å²) in [5, 5.41) is 4.00. The summed E-state index contributed by atoms with van der Waals surface area (Å²) < 4.78 is 53.9. The predicted octanol–water partition coefficient (Wildman–Crippen LogP) is 1.31. The number of benzene rings is 1. The maximum absolute atomic E-state index is 13.6. The van der Waals surface area contributed by atoms with Gasteiger partial charge in [0.25, 0.3) is 10.0 Å².